The van der Waals surface area contributed by atoms with E-state index in [2.05, 4.69) is 14.5 Å². The molecule has 4 rings (SSSR count). The average molecular weight is 281 g/mol. The minimum Gasteiger partial charge on any atom is -0.369 e. The molecule has 6 nitrogen and oxygen atoms in total. The zero-order valence-corrected chi connectivity index (χ0v) is 11.4. The molecule has 0 saturated heterocycles. The molecule has 1 atom stereocenters. The first-order valence-electron chi connectivity index (χ1n) is 7.00. The molecule has 3 aromatic rings. The van der Waals surface area contributed by atoms with Crippen molar-refractivity contribution >= 4 is 22.9 Å². The van der Waals surface area contributed by atoms with Crippen LogP contribution >= 0.6 is 0 Å². The normalized spacial score (nSPS) is 17.8. The van der Waals surface area contributed by atoms with Gasteiger partial charge in [-0.05, 0) is 18.6 Å². The summed E-state index contributed by atoms with van der Waals surface area (Å²) in [5.41, 5.74) is 8.58. The van der Waals surface area contributed by atoms with Gasteiger partial charge in [-0.1, -0.05) is 12.1 Å². The van der Waals surface area contributed by atoms with Crippen molar-refractivity contribution in [3.8, 4) is 0 Å². The second kappa shape index (κ2) is 4.44. The summed E-state index contributed by atoms with van der Waals surface area (Å²) in [6, 6.07) is 7.53. The number of rotatable bonds is 1. The van der Waals surface area contributed by atoms with E-state index in [4.69, 9.17) is 5.73 Å². The first-order chi connectivity index (χ1) is 10.2. The molecule has 0 spiro atoms. The number of nitrogen functional groups attached to an aromatic ring is 1. The van der Waals surface area contributed by atoms with Crippen LogP contribution in [0.25, 0.3) is 11.0 Å². The van der Waals surface area contributed by atoms with Crippen molar-refractivity contribution in [3.05, 3.63) is 42.5 Å². The van der Waals surface area contributed by atoms with Crippen LogP contribution in [-0.2, 0) is 13.0 Å². The van der Waals surface area contributed by atoms with E-state index >= 15 is 0 Å². The fraction of sp³-hybridized carbons (Fsp3) is 0.267. The molecule has 21 heavy (non-hydrogen) atoms. The van der Waals surface area contributed by atoms with Gasteiger partial charge < -0.3 is 10.3 Å². The molecular weight excluding hydrogens is 266 g/mol. The largest absolute Gasteiger partial charge is 0.369 e. The Morgan fingerprint density at radius 3 is 3.10 bits per heavy atom. The Morgan fingerprint density at radius 1 is 1.33 bits per heavy atom. The quantitative estimate of drug-likeness (QED) is 0.736. The van der Waals surface area contributed by atoms with Crippen molar-refractivity contribution < 1.29 is 4.79 Å². The van der Waals surface area contributed by atoms with Gasteiger partial charge in [-0.3, -0.25) is 4.79 Å². The Hall–Kier alpha value is -2.63. The van der Waals surface area contributed by atoms with E-state index in [1.54, 1.807) is 4.57 Å². The molecule has 2 N–H and O–H groups in total. The summed E-state index contributed by atoms with van der Waals surface area (Å²) in [5.74, 6) is 0.211. The van der Waals surface area contributed by atoms with Gasteiger partial charge in [-0.15, -0.1) is 0 Å². The molecule has 3 heterocycles. The number of imidazole rings is 2. The van der Waals surface area contributed by atoms with Crippen LogP contribution < -0.4 is 5.73 Å². The topological polar surface area (TPSA) is 78.7 Å². The van der Waals surface area contributed by atoms with E-state index in [-0.39, 0.29) is 17.8 Å². The van der Waals surface area contributed by atoms with Crippen LogP contribution in [0.2, 0.25) is 0 Å². The van der Waals surface area contributed by atoms with E-state index < -0.39 is 0 Å². The van der Waals surface area contributed by atoms with Crippen molar-refractivity contribution in [1.82, 2.24) is 19.1 Å². The summed E-state index contributed by atoms with van der Waals surface area (Å²) in [6.45, 7) is 0.818. The van der Waals surface area contributed by atoms with Gasteiger partial charge in [-0.25, -0.2) is 14.5 Å². The Balaban J connectivity index is 1.73. The number of nitrogens with zero attached hydrogens (tertiary/aromatic N) is 4. The summed E-state index contributed by atoms with van der Waals surface area (Å²) >= 11 is 0. The number of aromatic nitrogens is 4. The van der Waals surface area contributed by atoms with Crippen molar-refractivity contribution in [2.45, 2.75) is 19.4 Å². The maximum atomic E-state index is 12.8. The van der Waals surface area contributed by atoms with Crippen molar-refractivity contribution in [1.29, 1.82) is 0 Å². The number of aryl methyl sites for hydroxylation is 1. The number of benzene rings is 1. The van der Waals surface area contributed by atoms with Gasteiger partial charge in [0.15, 0.2) is 0 Å². The molecule has 106 valence electrons. The van der Waals surface area contributed by atoms with Gasteiger partial charge in [0.05, 0.1) is 17.4 Å². The van der Waals surface area contributed by atoms with E-state index in [0.29, 0.717) is 6.42 Å². The number of carbonyl (C=O) groups is 1. The third-order valence-electron chi connectivity index (χ3n) is 4.13. The number of para-hydroxylation sites is 2. The van der Waals surface area contributed by atoms with Gasteiger partial charge in [-0.2, -0.15) is 0 Å². The van der Waals surface area contributed by atoms with Gasteiger partial charge in [0.25, 0.3) is 0 Å². The zero-order valence-electron chi connectivity index (χ0n) is 11.4. The number of fused-ring (bicyclic) bond motifs is 2. The number of anilines is 1. The van der Waals surface area contributed by atoms with E-state index in [1.807, 2.05) is 36.8 Å². The Kier molecular flexibility index (Phi) is 2.57. The fourth-order valence-electron chi connectivity index (χ4n) is 3.04. The summed E-state index contributed by atoms with van der Waals surface area (Å²) in [5, 5.41) is 0. The van der Waals surface area contributed by atoms with Crippen molar-refractivity contribution in [3.63, 3.8) is 0 Å². The third kappa shape index (κ3) is 1.83. The van der Waals surface area contributed by atoms with Crippen molar-refractivity contribution in [2.75, 3.05) is 5.73 Å². The predicted octanol–water partition coefficient (Wildman–Crippen LogP) is 1.72. The predicted molar refractivity (Wildman–Crippen MR) is 78.8 cm³/mol. The molecule has 0 radical (unpaired) electrons. The van der Waals surface area contributed by atoms with Gasteiger partial charge in [0, 0.05) is 30.8 Å². The molecule has 0 aliphatic carbocycles. The van der Waals surface area contributed by atoms with Gasteiger partial charge >= 0.3 is 0 Å². The highest BCUT2D eigenvalue weighted by Crippen LogP contribution is 2.25. The van der Waals surface area contributed by atoms with E-state index in [9.17, 15) is 4.79 Å². The molecule has 1 aromatic carbocycles. The standard InChI is InChI=1S/C15H15N5O/c16-15-18-12-3-1-2-4-13(12)20(15)14(21)10-5-6-19-9-17-8-11(19)7-10/h1-4,8-10H,5-7H2,(H2,16,18). The maximum absolute atomic E-state index is 12.8. The summed E-state index contributed by atoms with van der Waals surface area (Å²) in [4.78, 5) is 21.2. The van der Waals surface area contributed by atoms with Crippen molar-refractivity contribution in [2.24, 2.45) is 5.92 Å². The van der Waals surface area contributed by atoms with E-state index in [0.717, 1.165) is 29.7 Å². The minimum atomic E-state index is -0.0749. The maximum Gasteiger partial charge on any atom is 0.237 e. The molecule has 0 bridgehead atoms. The molecule has 2 aromatic heterocycles. The molecular formula is C15H15N5O. The lowest BCUT2D eigenvalue weighted by atomic mass is 9.95. The second-order valence-corrected chi connectivity index (χ2v) is 5.40. The molecule has 6 heteroatoms. The SMILES string of the molecule is Nc1nc2ccccc2n1C(=O)C1CCn2cncc2C1. The number of hydrogen-bond donors (Lipinski definition) is 1. The summed E-state index contributed by atoms with van der Waals surface area (Å²) in [6.07, 6.45) is 5.14. The molecule has 1 unspecified atom stereocenters. The molecule has 0 amide bonds. The molecule has 0 saturated carbocycles. The number of hydrogen-bond acceptors (Lipinski definition) is 4. The van der Waals surface area contributed by atoms with Crippen LogP contribution in [0.1, 0.15) is 16.9 Å². The molecule has 1 aliphatic heterocycles. The molecule has 0 fully saturated rings. The minimum absolute atomic E-state index is 0.0219. The van der Waals surface area contributed by atoms with Crippen LogP contribution in [0.5, 0.6) is 0 Å². The van der Waals surface area contributed by atoms with Gasteiger partial charge in [0.2, 0.25) is 11.9 Å². The number of nitrogens with two attached hydrogens (primary N) is 1. The summed E-state index contributed by atoms with van der Waals surface area (Å²) in [7, 11) is 0. The van der Waals surface area contributed by atoms with Crippen LogP contribution in [0, 0.1) is 5.92 Å². The van der Waals surface area contributed by atoms with Crippen LogP contribution in [0.15, 0.2) is 36.8 Å². The fourth-order valence-corrected chi connectivity index (χ4v) is 3.04. The average Bonchev–Trinajstić information content (AvgIpc) is 3.08. The molecule has 1 aliphatic rings. The van der Waals surface area contributed by atoms with Crippen LogP contribution in [0.4, 0.5) is 5.95 Å². The highest BCUT2D eigenvalue weighted by molar-refractivity contribution is 5.94. The monoisotopic (exact) mass is 281 g/mol. The lowest BCUT2D eigenvalue weighted by Crippen LogP contribution is -2.29. The van der Waals surface area contributed by atoms with E-state index in [1.165, 1.54) is 0 Å². The highest BCUT2D eigenvalue weighted by atomic mass is 16.2. The highest BCUT2D eigenvalue weighted by Gasteiger charge is 2.28. The van der Waals surface area contributed by atoms with Crippen LogP contribution in [0.3, 0.4) is 0 Å². The zero-order chi connectivity index (χ0) is 14.4. The first kappa shape index (κ1) is 12.1. The third-order valence-corrected chi connectivity index (χ3v) is 4.13. The summed E-state index contributed by atoms with van der Waals surface area (Å²) < 4.78 is 3.64. The Labute approximate surface area is 121 Å². The Morgan fingerprint density at radius 2 is 2.19 bits per heavy atom. The second-order valence-electron chi connectivity index (χ2n) is 5.40. The smallest absolute Gasteiger partial charge is 0.237 e. The van der Waals surface area contributed by atoms with Crippen LogP contribution in [-0.4, -0.2) is 25.0 Å². The first-order valence-corrected chi connectivity index (χ1v) is 7.00. The lowest BCUT2D eigenvalue weighted by Gasteiger charge is -2.23. The van der Waals surface area contributed by atoms with Gasteiger partial charge in [0.1, 0.15) is 0 Å². The number of carbonyl (C=O) groups excluding carboxylic acids is 1. The lowest BCUT2D eigenvalue weighted by molar-refractivity contribution is 0.0820. The Bertz CT molecular complexity index is 832.